The molecule has 1 aromatic rings. The van der Waals surface area contributed by atoms with Crippen LogP contribution in [-0.4, -0.2) is 74.7 Å². The molecular weight excluding hydrogens is 330 g/mol. The van der Waals surface area contributed by atoms with Crippen molar-refractivity contribution in [1.82, 2.24) is 4.90 Å². The first-order chi connectivity index (χ1) is 11.9. The van der Waals surface area contributed by atoms with Gasteiger partial charge in [-0.2, -0.15) is 0 Å². The standard InChI is InChI=1S/C17H25NO7/c1-3-10(9-25-12-6-4-11(24-2)5-7-12)18-13(8-19)14(20)15(21)16(22)17(18)23/h4-7,9,13-17,19-23H,3,8H2,1-2H3/b10-9+/t13-,14-,15+,16-,17?/m1/s1. The van der Waals surface area contributed by atoms with Crippen LogP contribution in [0.25, 0.3) is 0 Å². The van der Waals surface area contributed by atoms with Gasteiger partial charge in [-0.15, -0.1) is 0 Å². The maximum atomic E-state index is 10.3. The van der Waals surface area contributed by atoms with Crippen molar-refractivity contribution >= 4 is 0 Å². The van der Waals surface area contributed by atoms with E-state index in [0.717, 1.165) is 0 Å². The number of ether oxygens (including phenoxy) is 2. The maximum Gasteiger partial charge on any atom is 0.156 e. The molecule has 8 nitrogen and oxygen atoms in total. The van der Waals surface area contributed by atoms with Gasteiger partial charge in [-0.25, -0.2) is 0 Å². The molecule has 140 valence electrons. The SMILES string of the molecule is CC/C(=C\Oc1ccc(OC)cc1)N1C(O)[C@H](O)[C@@H](O)[C@H](O)[C@H]1CO. The van der Waals surface area contributed by atoms with Gasteiger partial charge < -0.3 is 39.9 Å². The Morgan fingerprint density at radius 3 is 2.16 bits per heavy atom. The Hall–Kier alpha value is -1.84. The third kappa shape index (κ3) is 4.05. The van der Waals surface area contributed by atoms with Crippen molar-refractivity contribution in [2.75, 3.05) is 13.7 Å². The molecule has 0 bridgehead atoms. The first-order valence-corrected chi connectivity index (χ1v) is 8.05. The number of methoxy groups -OCH3 is 1. The predicted molar refractivity (Wildman–Crippen MR) is 88.7 cm³/mol. The molecular formula is C17H25NO7. The topological polar surface area (TPSA) is 123 Å². The smallest absolute Gasteiger partial charge is 0.156 e. The van der Waals surface area contributed by atoms with Gasteiger partial charge in [0.15, 0.2) is 6.23 Å². The van der Waals surface area contributed by atoms with Crippen molar-refractivity contribution in [2.24, 2.45) is 0 Å². The second kappa shape index (κ2) is 8.50. The van der Waals surface area contributed by atoms with E-state index in [1.165, 1.54) is 11.2 Å². The summed E-state index contributed by atoms with van der Waals surface area (Å²) in [5.74, 6) is 1.21. The summed E-state index contributed by atoms with van der Waals surface area (Å²) in [7, 11) is 1.56. The van der Waals surface area contributed by atoms with Crippen LogP contribution in [0.4, 0.5) is 0 Å². The molecule has 1 aromatic carbocycles. The van der Waals surface area contributed by atoms with E-state index in [9.17, 15) is 25.5 Å². The third-order valence-electron chi connectivity index (χ3n) is 4.31. The Morgan fingerprint density at radius 2 is 1.64 bits per heavy atom. The number of aliphatic hydroxyl groups excluding tert-OH is 5. The molecule has 0 spiro atoms. The Bertz CT molecular complexity index is 577. The number of rotatable bonds is 6. The average Bonchev–Trinajstić information content (AvgIpc) is 2.64. The van der Waals surface area contributed by atoms with Crippen LogP contribution in [-0.2, 0) is 0 Å². The first-order valence-electron chi connectivity index (χ1n) is 8.05. The quantitative estimate of drug-likeness (QED) is 0.429. The Labute approximate surface area is 146 Å². The highest BCUT2D eigenvalue weighted by molar-refractivity contribution is 5.31. The Kier molecular flexibility index (Phi) is 6.63. The molecule has 1 fully saturated rings. The summed E-state index contributed by atoms with van der Waals surface area (Å²) in [6, 6.07) is 5.88. The molecule has 25 heavy (non-hydrogen) atoms. The number of nitrogens with zero attached hydrogens (tertiary/aromatic N) is 1. The second-order valence-electron chi connectivity index (χ2n) is 5.80. The van der Waals surface area contributed by atoms with Crippen LogP contribution < -0.4 is 9.47 Å². The maximum absolute atomic E-state index is 10.3. The molecule has 0 radical (unpaired) electrons. The zero-order valence-electron chi connectivity index (χ0n) is 14.2. The van der Waals surface area contributed by atoms with Gasteiger partial charge in [0.25, 0.3) is 0 Å². The molecule has 1 aliphatic rings. The van der Waals surface area contributed by atoms with Crippen molar-refractivity contribution in [2.45, 2.75) is 43.9 Å². The van der Waals surface area contributed by atoms with Crippen molar-refractivity contribution < 1.29 is 35.0 Å². The van der Waals surface area contributed by atoms with Crippen molar-refractivity contribution in [3.8, 4) is 11.5 Å². The number of piperidine rings is 1. The van der Waals surface area contributed by atoms with Gasteiger partial charge in [-0.05, 0) is 30.7 Å². The zero-order valence-corrected chi connectivity index (χ0v) is 14.2. The fraction of sp³-hybridized carbons (Fsp3) is 0.529. The highest BCUT2D eigenvalue weighted by atomic mass is 16.5. The normalized spacial score (nSPS) is 30.3. The van der Waals surface area contributed by atoms with Gasteiger partial charge in [0.05, 0.1) is 25.5 Å². The van der Waals surface area contributed by atoms with Crippen LogP contribution in [0.1, 0.15) is 13.3 Å². The van der Waals surface area contributed by atoms with Crippen molar-refractivity contribution in [3.63, 3.8) is 0 Å². The molecule has 0 aliphatic carbocycles. The molecule has 2 rings (SSSR count). The summed E-state index contributed by atoms with van der Waals surface area (Å²) in [6.45, 7) is 1.29. The minimum atomic E-state index is -1.58. The van der Waals surface area contributed by atoms with E-state index in [1.54, 1.807) is 38.3 Å². The van der Waals surface area contributed by atoms with Gasteiger partial charge in [-0.3, -0.25) is 0 Å². The molecule has 1 unspecified atom stereocenters. The van der Waals surface area contributed by atoms with Gasteiger partial charge in [-0.1, -0.05) is 6.92 Å². The van der Waals surface area contributed by atoms with E-state index in [4.69, 9.17) is 9.47 Å². The summed E-state index contributed by atoms with van der Waals surface area (Å²) in [4.78, 5) is 1.27. The van der Waals surface area contributed by atoms with Gasteiger partial charge in [0.1, 0.15) is 36.1 Å². The molecule has 0 saturated carbocycles. The van der Waals surface area contributed by atoms with E-state index < -0.39 is 37.2 Å². The predicted octanol–water partition coefficient (Wildman–Crippen LogP) is -0.597. The monoisotopic (exact) mass is 355 g/mol. The lowest BCUT2D eigenvalue weighted by Gasteiger charge is -2.48. The zero-order chi connectivity index (χ0) is 18.6. The highest BCUT2D eigenvalue weighted by Crippen LogP contribution is 2.29. The molecule has 8 heteroatoms. The summed E-state index contributed by atoms with van der Waals surface area (Å²) in [5.41, 5.74) is 0.451. The summed E-state index contributed by atoms with van der Waals surface area (Å²) >= 11 is 0. The largest absolute Gasteiger partial charge is 0.497 e. The van der Waals surface area contributed by atoms with E-state index in [2.05, 4.69) is 0 Å². The van der Waals surface area contributed by atoms with Gasteiger partial charge >= 0.3 is 0 Å². The lowest BCUT2D eigenvalue weighted by Crippen LogP contribution is -2.66. The number of hydrogen-bond acceptors (Lipinski definition) is 8. The van der Waals surface area contributed by atoms with E-state index in [0.29, 0.717) is 23.6 Å². The molecule has 1 saturated heterocycles. The van der Waals surface area contributed by atoms with E-state index >= 15 is 0 Å². The molecule has 0 amide bonds. The van der Waals surface area contributed by atoms with Gasteiger partial charge in [0, 0.05) is 0 Å². The number of aliphatic hydroxyl groups is 5. The highest BCUT2D eigenvalue weighted by Gasteiger charge is 2.47. The van der Waals surface area contributed by atoms with Gasteiger partial charge in [0.2, 0.25) is 0 Å². The van der Waals surface area contributed by atoms with E-state index in [-0.39, 0.29) is 0 Å². The number of benzene rings is 1. The van der Waals surface area contributed by atoms with Crippen molar-refractivity contribution in [1.29, 1.82) is 0 Å². The minimum Gasteiger partial charge on any atom is -0.497 e. The number of allylic oxidation sites excluding steroid dienone is 1. The first kappa shape index (κ1) is 19.5. The van der Waals surface area contributed by atoms with Crippen LogP contribution in [0.5, 0.6) is 11.5 Å². The fourth-order valence-corrected chi connectivity index (χ4v) is 2.83. The van der Waals surface area contributed by atoms with Crippen LogP contribution in [0.3, 0.4) is 0 Å². The Balaban J connectivity index is 2.23. The fourth-order valence-electron chi connectivity index (χ4n) is 2.83. The number of likely N-dealkylation sites (tertiary alicyclic amines) is 1. The molecule has 0 aromatic heterocycles. The average molecular weight is 355 g/mol. The molecule has 5 atom stereocenters. The number of hydrogen-bond donors (Lipinski definition) is 5. The minimum absolute atomic E-state index is 0.402. The summed E-state index contributed by atoms with van der Waals surface area (Å²) in [5, 5.41) is 49.6. The van der Waals surface area contributed by atoms with E-state index in [1.807, 2.05) is 0 Å². The third-order valence-corrected chi connectivity index (χ3v) is 4.31. The molecule has 1 heterocycles. The molecule has 1 aliphatic heterocycles. The van der Waals surface area contributed by atoms with Crippen LogP contribution in [0.15, 0.2) is 36.2 Å². The molecule has 5 N–H and O–H groups in total. The lowest BCUT2D eigenvalue weighted by molar-refractivity contribution is -0.213. The summed E-state index contributed by atoms with van der Waals surface area (Å²) < 4.78 is 10.6. The van der Waals surface area contributed by atoms with Crippen LogP contribution in [0, 0.1) is 0 Å². The summed E-state index contributed by atoms with van der Waals surface area (Å²) in [6.07, 6.45) is -4.25. The van der Waals surface area contributed by atoms with Crippen molar-refractivity contribution in [3.05, 3.63) is 36.2 Å². The van der Waals surface area contributed by atoms with Crippen LogP contribution >= 0.6 is 0 Å². The second-order valence-corrected chi connectivity index (χ2v) is 5.80. The van der Waals surface area contributed by atoms with Crippen LogP contribution in [0.2, 0.25) is 0 Å². The Morgan fingerprint density at radius 1 is 1.04 bits per heavy atom. The lowest BCUT2D eigenvalue weighted by atomic mass is 9.92.